The molecule has 20 heavy (non-hydrogen) atoms. The van der Waals surface area contributed by atoms with Gasteiger partial charge in [-0.1, -0.05) is 13.0 Å². The van der Waals surface area contributed by atoms with Gasteiger partial charge in [-0.15, -0.1) is 11.6 Å². The Kier molecular flexibility index (Phi) is 3.94. The largest absolute Gasteiger partial charge is 0.322 e. The smallest absolute Gasteiger partial charge is 0.151 e. The summed E-state index contributed by atoms with van der Waals surface area (Å²) in [7, 11) is 0. The number of alkyl halides is 1. The maximum atomic E-state index is 13.9. The number of hydrogen-bond donors (Lipinski definition) is 0. The summed E-state index contributed by atoms with van der Waals surface area (Å²) in [6.45, 7) is 5.36. The van der Waals surface area contributed by atoms with Crippen LogP contribution in [0.3, 0.4) is 0 Å². The molecule has 1 aromatic heterocycles. The van der Waals surface area contributed by atoms with Gasteiger partial charge in [0.2, 0.25) is 0 Å². The van der Waals surface area contributed by atoms with E-state index in [1.807, 2.05) is 6.07 Å². The van der Waals surface area contributed by atoms with Crippen LogP contribution in [-0.4, -0.2) is 34.1 Å². The second-order valence-corrected chi connectivity index (χ2v) is 5.60. The van der Waals surface area contributed by atoms with Gasteiger partial charge in [0.25, 0.3) is 0 Å². The third-order valence-electron chi connectivity index (χ3n) is 4.16. The minimum absolute atomic E-state index is 0.268. The molecule has 108 valence electrons. The average molecular weight is 296 g/mol. The van der Waals surface area contributed by atoms with Crippen LogP contribution in [-0.2, 0) is 5.88 Å². The average Bonchev–Trinajstić information content (AvgIpc) is 2.87. The van der Waals surface area contributed by atoms with Crippen LogP contribution >= 0.6 is 11.6 Å². The van der Waals surface area contributed by atoms with E-state index in [4.69, 9.17) is 11.6 Å². The molecule has 1 fully saturated rings. The summed E-state index contributed by atoms with van der Waals surface area (Å²) in [6, 6.07) is 5.47. The number of benzene rings is 1. The van der Waals surface area contributed by atoms with Gasteiger partial charge in [0.1, 0.15) is 11.3 Å². The Morgan fingerprint density at radius 3 is 3.05 bits per heavy atom. The van der Waals surface area contributed by atoms with Crippen molar-refractivity contribution >= 4 is 22.6 Å². The third kappa shape index (κ3) is 2.31. The van der Waals surface area contributed by atoms with Crippen molar-refractivity contribution in [2.45, 2.75) is 31.7 Å². The van der Waals surface area contributed by atoms with Gasteiger partial charge in [0, 0.05) is 12.6 Å². The van der Waals surface area contributed by atoms with E-state index in [9.17, 15) is 4.39 Å². The van der Waals surface area contributed by atoms with Gasteiger partial charge in [-0.25, -0.2) is 9.37 Å². The zero-order valence-corrected chi connectivity index (χ0v) is 12.4. The number of piperidine rings is 1. The number of para-hydroxylation sites is 1. The topological polar surface area (TPSA) is 21.1 Å². The normalized spacial score (nSPS) is 20.6. The molecular formula is C15H19ClFN3. The monoisotopic (exact) mass is 295 g/mol. The summed E-state index contributed by atoms with van der Waals surface area (Å²) < 4.78 is 16.0. The second kappa shape index (κ2) is 5.70. The maximum absolute atomic E-state index is 13.9. The van der Waals surface area contributed by atoms with E-state index in [1.165, 1.54) is 6.07 Å². The quantitative estimate of drug-likeness (QED) is 0.807. The summed E-state index contributed by atoms with van der Waals surface area (Å²) >= 11 is 6.03. The molecule has 0 aliphatic carbocycles. The summed E-state index contributed by atoms with van der Waals surface area (Å²) in [5.74, 6) is 0.821. The third-order valence-corrected chi connectivity index (χ3v) is 4.40. The van der Waals surface area contributed by atoms with Crippen LogP contribution in [0.15, 0.2) is 18.2 Å². The fourth-order valence-electron chi connectivity index (χ4n) is 3.16. The van der Waals surface area contributed by atoms with Crippen LogP contribution in [0.5, 0.6) is 0 Å². The van der Waals surface area contributed by atoms with Crippen molar-refractivity contribution in [3.8, 4) is 0 Å². The van der Waals surface area contributed by atoms with Crippen molar-refractivity contribution in [2.24, 2.45) is 0 Å². The SMILES string of the molecule is CCN1CCCC(n2c(CCl)nc3c(F)cccc32)C1. The van der Waals surface area contributed by atoms with Gasteiger partial charge >= 0.3 is 0 Å². The van der Waals surface area contributed by atoms with Crippen LogP contribution in [0, 0.1) is 5.82 Å². The number of rotatable bonds is 3. The molecule has 1 unspecified atom stereocenters. The molecule has 0 N–H and O–H groups in total. The molecule has 1 aromatic carbocycles. The van der Waals surface area contributed by atoms with Crippen molar-refractivity contribution in [1.82, 2.24) is 14.5 Å². The first-order valence-electron chi connectivity index (χ1n) is 7.18. The summed E-state index contributed by atoms with van der Waals surface area (Å²) in [5, 5.41) is 0. The standard InChI is InChI=1S/C15H19ClFN3/c1-2-19-8-4-5-11(10-19)20-13-7-3-6-12(17)15(13)18-14(20)9-16/h3,6-7,11H,2,4-5,8-10H2,1H3. The molecule has 0 amide bonds. The van der Waals surface area contributed by atoms with Crippen molar-refractivity contribution in [3.05, 3.63) is 29.8 Å². The van der Waals surface area contributed by atoms with Gasteiger partial charge < -0.3 is 9.47 Å². The Labute approximate surface area is 123 Å². The van der Waals surface area contributed by atoms with E-state index in [1.54, 1.807) is 6.07 Å². The van der Waals surface area contributed by atoms with Crippen LogP contribution < -0.4 is 0 Å². The van der Waals surface area contributed by atoms with E-state index >= 15 is 0 Å². The number of likely N-dealkylation sites (tertiary alicyclic amines) is 1. The van der Waals surface area contributed by atoms with Crippen LogP contribution in [0.4, 0.5) is 4.39 Å². The van der Waals surface area contributed by atoms with E-state index in [2.05, 4.69) is 21.4 Å². The molecule has 0 bridgehead atoms. The highest BCUT2D eigenvalue weighted by molar-refractivity contribution is 6.16. The van der Waals surface area contributed by atoms with Crippen LogP contribution in [0.2, 0.25) is 0 Å². The zero-order valence-electron chi connectivity index (χ0n) is 11.6. The fourth-order valence-corrected chi connectivity index (χ4v) is 3.35. The molecule has 5 heteroatoms. The van der Waals surface area contributed by atoms with Crippen molar-refractivity contribution < 1.29 is 4.39 Å². The van der Waals surface area contributed by atoms with Crippen molar-refractivity contribution in [3.63, 3.8) is 0 Å². The fraction of sp³-hybridized carbons (Fsp3) is 0.533. The minimum atomic E-state index is -0.268. The molecule has 0 saturated carbocycles. The van der Waals surface area contributed by atoms with Gasteiger partial charge in [0.05, 0.1) is 11.4 Å². The molecule has 1 saturated heterocycles. The van der Waals surface area contributed by atoms with Gasteiger partial charge in [-0.05, 0) is 38.1 Å². The molecule has 3 nitrogen and oxygen atoms in total. The Hall–Kier alpha value is -1.13. The highest BCUT2D eigenvalue weighted by Gasteiger charge is 2.24. The van der Waals surface area contributed by atoms with Gasteiger partial charge in [-0.3, -0.25) is 0 Å². The molecule has 3 rings (SSSR count). The first-order valence-corrected chi connectivity index (χ1v) is 7.71. The van der Waals surface area contributed by atoms with E-state index < -0.39 is 0 Å². The van der Waals surface area contributed by atoms with E-state index in [0.717, 1.165) is 43.8 Å². The Bertz CT molecular complexity index is 610. The molecule has 2 aromatic rings. The molecule has 1 atom stereocenters. The van der Waals surface area contributed by atoms with Crippen molar-refractivity contribution in [2.75, 3.05) is 19.6 Å². The molecule has 2 heterocycles. The highest BCUT2D eigenvalue weighted by Crippen LogP contribution is 2.29. The number of nitrogens with zero attached hydrogens (tertiary/aromatic N) is 3. The predicted octanol–water partition coefficient (Wildman–Crippen LogP) is 3.57. The number of halogens is 2. The molecule has 0 spiro atoms. The number of imidazole rings is 1. The van der Waals surface area contributed by atoms with E-state index in [0.29, 0.717) is 17.4 Å². The minimum Gasteiger partial charge on any atom is -0.322 e. The molecule has 1 aliphatic heterocycles. The first kappa shape index (κ1) is 13.8. The summed E-state index contributed by atoms with van der Waals surface area (Å²) in [4.78, 5) is 6.82. The number of hydrogen-bond acceptors (Lipinski definition) is 2. The maximum Gasteiger partial charge on any atom is 0.151 e. The Balaban J connectivity index is 2.07. The Morgan fingerprint density at radius 2 is 2.30 bits per heavy atom. The lowest BCUT2D eigenvalue weighted by Crippen LogP contribution is -2.36. The van der Waals surface area contributed by atoms with Gasteiger partial charge in [0.15, 0.2) is 5.82 Å². The lowest BCUT2D eigenvalue weighted by atomic mass is 10.1. The van der Waals surface area contributed by atoms with Crippen LogP contribution in [0.25, 0.3) is 11.0 Å². The predicted molar refractivity (Wildman–Crippen MR) is 79.6 cm³/mol. The van der Waals surface area contributed by atoms with Gasteiger partial charge in [-0.2, -0.15) is 0 Å². The second-order valence-electron chi connectivity index (χ2n) is 5.33. The van der Waals surface area contributed by atoms with E-state index in [-0.39, 0.29) is 5.82 Å². The Morgan fingerprint density at radius 1 is 1.45 bits per heavy atom. The number of aromatic nitrogens is 2. The lowest BCUT2D eigenvalue weighted by molar-refractivity contribution is 0.186. The number of likely N-dealkylation sites (N-methyl/N-ethyl adjacent to an activating group) is 1. The number of fused-ring (bicyclic) bond motifs is 1. The van der Waals surface area contributed by atoms with Crippen LogP contribution in [0.1, 0.15) is 31.6 Å². The molecular weight excluding hydrogens is 277 g/mol. The first-order chi connectivity index (χ1) is 9.74. The lowest BCUT2D eigenvalue weighted by Gasteiger charge is -2.33. The molecule has 1 aliphatic rings. The summed E-state index contributed by atoms with van der Waals surface area (Å²) in [5.41, 5.74) is 1.31. The molecule has 0 radical (unpaired) electrons. The zero-order chi connectivity index (χ0) is 14.1. The van der Waals surface area contributed by atoms with Crippen molar-refractivity contribution in [1.29, 1.82) is 0 Å². The highest BCUT2D eigenvalue weighted by atomic mass is 35.5. The summed E-state index contributed by atoms with van der Waals surface area (Å²) in [6.07, 6.45) is 2.26.